The highest BCUT2D eigenvalue weighted by molar-refractivity contribution is 6.00. The molecule has 1 saturated heterocycles. The SMILES string of the molecule is CCC(CC)NC(=O)[C@@H]1CC(=O)N(c2ccc(NC(C)=O)cc2)C1. The molecule has 1 atom stereocenters. The standard InChI is InChI=1S/C18H25N3O3/c1-4-14(5-2)20-18(24)13-10-17(23)21(11-13)16-8-6-15(7-9-16)19-12(3)22/h6-9,13-14H,4-5,10-11H2,1-3H3,(H,19,22)(H,20,24)/t13-/m1/s1. The van der Waals surface area contributed by atoms with Gasteiger partial charge in [0.05, 0.1) is 5.92 Å². The van der Waals surface area contributed by atoms with E-state index in [1.165, 1.54) is 6.92 Å². The van der Waals surface area contributed by atoms with Crippen LogP contribution in [-0.2, 0) is 14.4 Å². The molecule has 1 aromatic carbocycles. The number of nitrogens with one attached hydrogen (secondary N) is 2. The van der Waals surface area contributed by atoms with E-state index in [0.29, 0.717) is 12.2 Å². The largest absolute Gasteiger partial charge is 0.353 e. The molecule has 0 bridgehead atoms. The van der Waals surface area contributed by atoms with Crippen LogP contribution >= 0.6 is 0 Å². The van der Waals surface area contributed by atoms with Crippen LogP contribution in [0.1, 0.15) is 40.0 Å². The van der Waals surface area contributed by atoms with E-state index >= 15 is 0 Å². The van der Waals surface area contributed by atoms with Gasteiger partial charge in [0.1, 0.15) is 0 Å². The fourth-order valence-electron chi connectivity index (χ4n) is 2.87. The Balaban J connectivity index is 2.01. The zero-order chi connectivity index (χ0) is 17.7. The molecular weight excluding hydrogens is 306 g/mol. The summed E-state index contributed by atoms with van der Waals surface area (Å²) in [6.45, 7) is 5.92. The monoisotopic (exact) mass is 331 g/mol. The molecule has 0 aliphatic carbocycles. The first-order chi connectivity index (χ1) is 11.4. The van der Waals surface area contributed by atoms with E-state index in [1.807, 2.05) is 13.8 Å². The van der Waals surface area contributed by atoms with Gasteiger partial charge in [-0.2, -0.15) is 0 Å². The lowest BCUT2D eigenvalue weighted by atomic mass is 10.1. The van der Waals surface area contributed by atoms with Crippen LogP contribution in [0.5, 0.6) is 0 Å². The van der Waals surface area contributed by atoms with Gasteiger partial charge in [-0.25, -0.2) is 0 Å². The Kier molecular flexibility index (Phi) is 5.95. The summed E-state index contributed by atoms with van der Waals surface area (Å²) < 4.78 is 0. The lowest BCUT2D eigenvalue weighted by molar-refractivity contribution is -0.127. The third kappa shape index (κ3) is 4.34. The predicted octanol–water partition coefficient (Wildman–Crippen LogP) is 2.30. The van der Waals surface area contributed by atoms with E-state index in [-0.39, 0.29) is 36.1 Å². The molecule has 0 unspecified atom stereocenters. The van der Waals surface area contributed by atoms with Crippen molar-refractivity contribution in [1.29, 1.82) is 0 Å². The summed E-state index contributed by atoms with van der Waals surface area (Å²) in [6.07, 6.45) is 2.01. The van der Waals surface area contributed by atoms with Gasteiger partial charge in [0, 0.05) is 37.3 Å². The van der Waals surface area contributed by atoms with E-state index in [2.05, 4.69) is 10.6 Å². The van der Waals surface area contributed by atoms with Crippen LogP contribution in [0.25, 0.3) is 0 Å². The molecule has 0 aromatic heterocycles. The molecule has 1 aliphatic rings. The third-order valence-electron chi connectivity index (χ3n) is 4.33. The lowest BCUT2D eigenvalue weighted by Gasteiger charge is -2.19. The van der Waals surface area contributed by atoms with Crippen LogP contribution in [0.15, 0.2) is 24.3 Å². The van der Waals surface area contributed by atoms with Gasteiger partial charge in [0.15, 0.2) is 0 Å². The first kappa shape index (κ1) is 18.0. The van der Waals surface area contributed by atoms with Gasteiger partial charge < -0.3 is 15.5 Å². The summed E-state index contributed by atoms with van der Waals surface area (Å²) >= 11 is 0. The summed E-state index contributed by atoms with van der Waals surface area (Å²) in [4.78, 5) is 37.3. The van der Waals surface area contributed by atoms with Gasteiger partial charge in [-0.3, -0.25) is 14.4 Å². The van der Waals surface area contributed by atoms with Crippen molar-refractivity contribution in [2.45, 2.75) is 46.1 Å². The molecule has 2 N–H and O–H groups in total. The minimum atomic E-state index is -0.312. The van der Waals surface area contributed by atoms with Crippen molar-refractivity contribution in [1.82, 2.24) is 5.32 Å². The number of nitrogens with zero attached hydrogens (tertiary/aromatic N) is 1. The molecule has 1 aliphatic heterocycles. The normalized spacial score (nSPS) is 17.2. The lowest BCUT2D eigenvalue weighted by Crippen LogP contribution is -2.39. The summed E-state index contributed by atoms with van der Waals surface area (Å²) in [5, 5.41) is 5.71. The molecule has 3 amide bonds. The van der Waals surface area contributed by atoms with Crippen molar-refractivity contribution >= 4 is 29.1 Å². The zero-order valence-electron chi connectivity index (χ0n) is 14.5. The van der Waals surface area contributed by atoms with Gasteiger partial charge in [0.25, 0.3) is 0 Å². The summed E-state index contributed by atoms with van der Waals surface area (Å²) in [5.41, 5.74) is 1.42. The summed E-state index contributed by atoms with van der Waals surface area (Å²) in [7, 11) is 0. The molecule has 0 saturated carbocycles. The van der Waals surface area contributed by atoms with Crippen molar-refractivity contribution < 1.29 is 14.4 Å². The molecule has 2 rings (SSSR count). The Bertz CT molecular complexity index is 608. The second-order valence-corrected chi connectivity index (χ2v) is 6.16. The highest BCUT2D eigenvalue weighted by atomic mass is 16.2. The highest BCUT2D eigenvalue weighted by Gasteiger charge is 2.35. The summed E-state index contributed by atoms with van der Waals surface area (Å²) in [5.74, 6) is -0.548. The van der Waals surface area contributed by atoms with Crippen LogP contribution in [0.3, 0.4) is 0 Å². The maximum atomic E-state index is 12.3. The molecule has 0 radical (unpaired) electrons. The van der Waals surface area contributed by atoms with Crippen LogP contribution in [0.4, 0.5) is 11.4 Å². The average molecular weight is 331 g/mol. The average Bonchev–Trinajstić information content (AvgIpc) is 2.94. The van der Waals surface area contributed by atoms with Gasteiger partial charge >= 0.3 is 0 Å². The maximum absolute atomic E-state index is 12.3. The highest BCUT2D eigenvalue weighted by Crippen LogP contribution is 2.26. The number of hydrogen-bond acceptors (Lipinski definition) is 3. The first-order valence-electron chi connectivity index (χ1n) is 8.43. The fourth-order valence-corrected chi connectivity index (χ4v) is 2.87. The number of rotatable bonds is 6. The van der Waals surface area contributed by atoms with Crippen molar-refractivity contribution in [2.24, 2.45) is 5.92 Å². The van der Waals surface area contributed by atoms with Crippen LogP contribution in [0.2, 0.25) is 0 Å². The Morgan fingerprint density at radius 1 is 1.21 bits per heavy atom. The number of benzene rings is 1. The molecular formula is C18H25N3O3. The minimum Gasteiger partial charge on any atom is -0.353 e. The number of anilines is 2. The van der Waals surface area contributed by atoms with Crippen LogP contribution in [0, 0.1) is 5.92 Å². The van der Waals surface area contributed by atoms with Crippen molar-refractivity contribution in [2.75, 3.05) is 16.8 Å². The van der Waals surface area contributed by atoms with E-state index in [0.717, 1.165) is 18.5 Å². The number of amides is 3. The maximum Gasteiger partial charge on any atom is 0.227 e. The Labute approximate surface area is 142 Å². The molecule has 1 aromatic rings. The van der Waals surface area contributed by atoms with Crippen molar-refractivity contribution in [3.8, 4) is 0 Å². The third-order valence-corrected chi connectivity index (χ3v) is 4.33. The Morgan fingerprint density at radius 2 is 1.83 bits per heavy atom. The quantitative estimate of drug-likeness (QED) is 0.839. The number of hydrogen-bond donors (Lipinski definition) is 2. The Morgan fingerprint density at radius 3 is 2.38 bits per heavy atom. The molecule has 24 heavy (non-hydrogen) atoms. The number of carbonyl (C=O) groups excluding carboxylic acids is 3. The molecule has 6 nitrogen and oxygen atoms in total. The molecule has 6 heteroatoms. The van der Waals surface area contributed by atoms with E-state index in [1.54, 1.807) is 29.2 Å². The first-order valence-corrected chi connectivity index (χ1v) is 8.43. The van der Waals surface area contributed by atoms with E-state index in [4.69, 9.17) is 0 Å². The zero-order valence-corrected chi connectivity index (χ0v) is 14.5. The Hall–Kier alpha value is -2.37. The van der Waals surface area contributed by atoms with Crippen LogP contribution in [-0.4, -0.2) is 30.3 Å². The van der Waals surface area contributed by atoms with E-state index in [9.17, 15) is 14.4 Å². The molecule has 0 spiro atoms. The smallest absolute Gasteiger partial charge is 0.227 e. The predicted molar refractivity (Wildman–Crippen MR) is 93.7 cm³/mol. The topological polar surface area (TPSA) is 78.5 Å². The fraction of sp³-hybridized carbons (Fsp3) is 0.500. The van der Waals surface area contributed by atoms with Crippen molar-refractivity contribution in [3.63, 3.8) is 0 Å². The van der Waals surface area contributed by atoms with Gasteiger partial charge in [0.2, 0.25) is 17.7 Å². The van der Waals surface area contributed by atoms with Gasteiger partial charge in [-0.1, -0.05) is 13.8 Å². The van der Waals surface area contributed by atoms with Crippen molar-refractivity contribution in [3.05, 3.63) is 24.3 Å². The molecule has 130 valence electrons. The second-order valence-electron chi connectivity index (χ2n) is 6.16. The van der Waals surface area contributed by atoms with Gasteiger partial charge in [-0.05, 0) is 37.1 Å². The van der Waals surface area contributed by atoms with E-state index < -0.39 is 0 Å². The van der Waals surface area contributed by atoms with Crippen LogP contribution < -0.4 is 15.5 Å². The number of carbonyl (C=O) groups is 3. The molecule has 1 fully saturated rings. The summed E-state index contributed by atoms with van der Waals surface area (Å²) in [6, 6.07) is 7.23. The van der Waals surface area contributed by atoms with Gasteiger partial charge in [-0.15, -0.1) is 0 Å². The minimum absolute atomic E-state index is 0.0468. The second kappa shape index (κ2) is 7.95. The molecule has 1 heterocycles.